The highest BCUT2D eigenvalue weighted by atomic mass is 32.1. The van der Waals surface area contributed by atoms with Crippen LogP contribution < -0.4 is 10.1 Å². The fourth-order valence-corrected chi connectivity index (χ4v) is 2.80. The Morgan fingerprint density at radius 1 is 1.33 bits per heavy atom. The van der Waals surface area contributed by atoms with Gasteiger partial charge in [-0.25, -0.2) is 0 Å². The summed E-state index contributed by atoms with van der Waals surface area (Å²) in [6, 6.07) is 11.1. The second-order valence-corrected chi connectivity index (χ2v) is 5.65. The number of amides is 1. The lowest BCUT2D eigenvalue weighted by molar-refractivity contribution is 0.0940. The fourth-order valence-electron chi connectivity index (χ4n) is 2.18. The van der Waals surface area contributed by atoms with Crippen molar-refractivity contribution in [2.75, 3.05) is 7.11 Å². The zero-order valence-corrected chi connectivity index (χ0v) is 12.6. The van der Waals surface area contributed by atoms with Crippen molar-refractivity contribution in [3.63, 3.8) is 0 Å². The lowest BCUT2D eigenvalue weighted by Gasteiger charge is -2.10. The average molecular weight is 301 g/mol. The first-order chi connectivity index (χ1) is 10.2. The van der Waals surface area contributed by atoms with E-state index >= 15 is 0 Å². The third kappa shape index (κ3) is 2.64. The number of fused-ring (bicyclic) bond motifs is 1. The molecule has 0 spiro atoms. The van der Waals surface area contributed by atoms with Crippen LogP contribution in [-0.4, -0.2) is 13.0 Å². The van der Waals surface area contributed by atoms with E-state index < -0.39 is 0 Å². The zero-order valence-electron chi connectivity index (χ0n) is 11.8. The van der Waals surface area contributed by atoms with Gasteiger partial charge in [-0.05, 0) is 30.5 Å². The van der Waals surface area contributed by atoms with Crippen molar-refractivity contribution in [2.45, 2.75) is 13.0 Å². The third-order valence-corrected chi connectivity index (χ3v) is 4.13. The molecule has 21 heavy (non-hydrogen) atoms. The monoisotopic (exact) mass is 301 g/mol. The number of rotatable bonds is 4. The fraction of sp³-hybridized carbons (Fsp3) is 0.188. The van der Waals surface area contributed by atoms with E-state index in [4.69, 9.17) is 9.15 Å². The Bertz CT molecular complexity index is 761. The smallest absolute Gasteiger partial charge is 0.261 e. The molecule has 1 amide bonds. The Morgan fingerprint density at radius 3 is 2.90 bits per heavy atom. The zero-order chi connectivity index (χ0) is 14.8. The number of benzene rings is 1. The quantitative estimate of drug-likeness (QED) is 0.792. The van der Waals surface area contributed by atoms with Crippen molar-refractivity contribution in [2.24, 2.45) is 0 Å². The van der Waals surface area contributed by atoms with E-state index in [9.17, 15) is 4.79 Å². The molecule has 0 saturated carbocycles. The molecule has 0 unspecified atom stereocenters. The largest absolute Gasteiger partial charge is 0.493 e. The molecule has 3 aromatic rings. The predicted octanol–water partition coefficient (Wildman–Crippen LogP) is 3.99. The Kier molecular flexibility index (Phi) is 3.66. The van der Waals surface area contributed by atoms with E-state index in [1.54, 1.807) is 13.2 Å². The van der Waals surface area contributed by atoms with E-state index in [1.807, 2.05) is 42.6 Å². The van der Waals surface area contributed by atoms with Gasteiger partial charge < -0.3 is 14.5 Å². The minimum atomic E-state index is -0.211. The SMILES string of the molecule is COc1cccc2cc([C@H](C)NC(=O)c3cccs3)oc12. The maximum absolute atomic E-state index is 12.1. The summed E-state index contributed by atoms with van der Waals surface area (Å²) >= 11 is 1.42. The van der Waals surface area contributed by atoms with E-state index in [-0.39, 0.29) is 11.9 Å². The van der Waals surface area contributed by atoms with Gasteiger partial charge in [0.25, 0.3) is 5.91 Å². The van der Waals surface area contributed by atoms with E-state index in [1.165, 1.54) is 11.3 Å². The number of furan rings is 1. The van der Waals surface area contributed by atoms with Crippen LogP contribution in [0.15, 0.2) is 46.2 Å². The second kappa shape index (κ2) is 5.61. The molecule has 1 atom stereocenters. The van der Waals surface area contributed by atoms with Gasteiger partial charge in [0.15, 0.2) is 11.3 Å². The van der Waals surface area contributed by atoms with Gasteiger partial charge in [-0.3, -0.25) is 4.79 Å². The van der Waals surface area contributed by atoms with Gasteiger partial charge in [-0.1, -0.05) is 18.2 Å². The second-order valence-electron chi connectivity index (χ2n) is 4.70. The van der Waals surface area contributed by atoms with Crippen LogP contribution in [0, 0.1) is 0 Å². The minimum absolute atomic E-state index is 0.0927. The van der Waals surface area contributed by atoms with Gasteiger partial charge in [0.1, 0.15) is 5.76 Å². The van der Waals surface area contributed by atoms with Crippen LogP contribution in [0.5, 0.6) is 5.75 Å². The molecule has 0 aliphatic heterocycles. The first-order valence-corrected chi connectivity index (χ1v) is 7.48. The van der Waals surface area contributed by atoms with Gasteiger partial charge >= 0.3 is 0 Å². The molecule has 1 aromatic carbocycles. The first kappa shape index (κ1) is 13.7. The molecule has 0 saturated heterocycles. The number of para-hydroxylation sites is 1. The molecule has 4 nitrogen and oxygen atoms in total. The summed E-state index contributed by atoms with van der Waals surface area (Å²) in [6.45, 7) is 1.90. The number of thiophene rings is 1. The van der Waals surface area contributed by atoms with Crippen molar-refractivity contribution in [3.8, 4) is 5.75 Å². The lowest BCUT2D eigenvalue weighted by atomic mass is 10.2. The molecular formula is C16H15NO3S. The highest BCUT2D eigenvalue weighted by Gasteiger charge is 2.17. The predicted molar refractivity (Wildman–Crippen MR) is 83.0 cm³/mol. The van der Waals surface area contributed by atoms with Crippen LogP contribution in [0.2, 0.25) is 0 Å². The summed E-state index contributed by atoms with van der Waals surface area (Å²) in [7, 11) is 1.61. The molecule has 108 valence electrons. The van der Waals surface area contributed by atoms with Crippen molar-refractivity contribution in [3.05, 3.63) is 52.4 Å². The third-order valence-electron chi connectivity index (χ3n) is 3.27. The number of hydrogen-bond acceptors (Lipinski definition) is 4. The summed E-state index contributed by atoms with van der Waals surface area (Å²) < 4.78 is 11.1. The summed E-state index contributed by atoms with van der Waals surface area (Å²) in [6.07, 6.45) is 0. The number of hydrogen-bond donors (Lipinski definition) is 1. The number of ether oxygens (including phenoxy) is 1. The van der Waals surface area contributed by atoms with E-state index in [0.717, 1.165) is 5.39 Å². The van der Waals surface area contributed by atoms with E-state index in [2.05, 4.69) is 5.32 Å². The number of carbonyl (C=O) groups excluding carboxylic acids is 1. The average Bonchev–Trinajstić information content (AvgIpc) is 3.15. The molecule has 0 fully saturated rings. The van der Waals surface area contributed by atoms with Gasteiger partial charge in [0.05, 0.1) is 18.0 Å². The van der Waals surface area contributed by atoms with Crippen LogP contribution in [0.1, 0.15) is 28.4 Å². The van der Waals surface area contributed by atoms with Crippen LogP contribution in [0.25, 0.3) is 11.0 Å². The number of nitrogens with one attached hydrogen (secondary N) is 1. The Balaban J connectivity index is 1.85. The van der Waals surface area contributed by atoms with Crippen molar-refractivity contribution in [1.29, 1.82) is 0 Å². The standard InChI is InChI=1S/C16H15NO3S/c1-10(17-16(18)14-7-4-8-21-14)13-9-11-5-3-6-12(19-2)15(11)20-13/h3-10H,1-2H3,(H,17,18)/t10-/m0/s1. The highest BCUT2D eigenvalue weighted by molar-refractivity contribution is 7.12. The summed E-state index contributed by atoms with van der Waals surface area (Å²) in [4.78, 5) is 12.8. The number of carbonyl (C=O) groups is 1. The van der Waals surface area contributed by atoms with Crippen molar-refractivity contribution < 1.29 is 13.9 Å². The Labute approximate surface area is 126 Å². The van der Waals surface area contributed by atoms with Gasteiger partial charge in [-0.2, -0.15) is 0 Å². The Morgan fingerprint density at radius 2 is 2.19 bits per heavy atom. The topological polar surface area (TPSA) is 51.5 Å². The van der Waals surface area contributed by atoms with Gasteiger partial charge in [0, 0.05) is 5.39 Å². The summed E-state index contributed by atoms with van der Waals surface area (Å²) in [5.74, 6) is 1.31. The normalized spacial score (nSPS) is 12.3. The summed E-state index contributed by atoms with van der Waals surface area (Å²) in [5, 5.41) is 5.77. The molecule has 0 bridgehead atoms. The molecule has 2 heterocycles. The first-order valence-electron chi connectivity index (χ1n) is 6.60. The van der Waals surface area contributed by atoms with Crippen molar-refractivity contribution in [1.82, 2.24) is 5.32 Å². The molecule has 2 aromatic heterocycles. The molecular weight excluding hydrogens is 286 g/mol. The molecule has 1 N–H and O–H groups in total. The number of methoxy groups -OCH3 is 1. The van der Waals surface area contributed by atoms with Crippen molar-refractivity contribution >= 4 is 28.2 Å². The summed E-state index contributed by atoms with van der Waals surface area (Å²) in [5.41, 5.74) is 0.701. The van der Waals surface area contributed by atoms with E-state index in [0.29, 0.717) is 22.0 Å². The Hall–Kier alpha value is -2.27. The highest BCUT2D eigenvalue weighted by Crippen LogP contribution is 2.30. The minimum Gasteiger partial charge on any atom is -0.493 e. The molecule has 0 radical (unpaired) electrons. The van der Waals surface area contributed by atoms with Crippen LogP contribution >= 0.6 is 11.3 Å². The lowest BCUT2D eigenvalue weighted by Crippen LogP contribution is -2.25. The molecule has 5 heteroatoms. The maximum Gasteiger partial charge on any atom is 0.261 e. The molecule has 3 rings (SSSR count). The van der Waals surface area contributed by atoms with Crippen LogP contribution in [-0.2, 0) is 0 Å². The van der Waals surface area contributed by atoms with Gasteiger partial charge in [-0.15, -0.1) is 11.3 Å². The van der Waals surface area contributed by atoms with Crippen LogP contribution in [0.3, 0.4) is 0 Å². The molecule has 0 aliphatic rings. The van der Waals surface area contributed by atoms with Gasteiger partial charge in [0.2, 0.25) is 0 Å². The van der Waals surface area contributed by atoms with Crippen LogP contribution in [0.4, 0.5) is 0 Å². The molecule has 0 aliphatic carbocycles. The maximum atomic E-state index is 12.1.